The third kappa shape index (κ3) is 8.50. The number of hydrogen-bond donors (Lipinski definition) is 3. The van der Waals surface area contributed by atoms with Gasteiger partial charge in [-0.15, -0.1) is 0 Å². The zero-order valence-corrected chi connectivity index (χ0v) is 10.5. The number of carbonyl (C=O) groups excluding carboxylic acids is 1. The van der Waals surface area contributed by atoms with Crippen LogP contribution in [0.2, 0.25) is 0 Å². The third-order valence-electron chi connectivity index (χ3n) is 2.24. The maximum atomic E-state index is 11.3. The molecule has 0 aromatic heterocycles. The normalized spacial score (nSPS) is 11.9. The first-order valence-electron chi connectivity index (χ1n) is 5.88. The van der Waals surface area contributed by atoms with E-state index in [1.54, 1.807) is 7.11 Å². The van der Waals surface area contributed by atoms with E-state index in [1.165, 1.54) is 0 Å². The molecule has 0 rings (SSSR count). The van der Waals surface area contributed by atoms with Crippen molar-refractivity contribution in [1.29, 1.82) is 0 Å². The van der Waals surface area contributed by atoms with Gasteiger partial charge in [0.05, 0.1) is 0 Å². The molecule has 0 heterocycles. The predicted octanol–water partition coefficient (Wildman–Crippen LogP) is 0.966. The molecular weight excluding hydrogens is 224 g/mol. The van der Waals surface area contributed by atoms with Crippen LogP contribution in [0.4, 0.5) is 4.79 Å². The first-order chi connectivity index (χ1) is 8.11. The maximum Gasteiger partial charge on any atom is 0.326 e. The molecule has 0 fully saturated rings. The Morgan fingerprint density at radius 1 is 1.35 bits per heavy atom. The van der Waals surface area contributed by atoms with E-state index in [9.17, 15) is 9.59 Å². The van der Waals surface area contributed by atoms with E-state index in [0.717, 1.165) is 12.8 Å². The van der Waals surface area contributed by atoms with E-state index in [-0.39, 0.29) is 0 Å². The third-order valence-corrected chi connectivity index (χ3v) is 2.24. The summed E-state index contributed by atoms with van der Waals surface area (Å²) in [6.45, 7) is 3.06. The fraction of sp³-hybridized carbons (Fsp3) is 0.818. The highest BCUT2D eigenvalue weighted by Crippen LogP contribution is 1.96. The van der Waals surface area contributed by atoms with E-state index >= 15 is 0 Å². The largest absolute Gasteiger partial charge is 0.480 e. The Morgan fingerprint density at radius 2 is 2.06 bits per heavy atom. The Labute approximate surface area is 102 Å². The highest BCUT2D eigenvalue weighted by Gasteiger charge is 2.17. The molecule has 0 saturated heterocycles. The van der Waals surface area contributed by atoms with Crippen LogP contribution in [-0.2, 0) is 9.53 Å². The molecule has 0 saturated carbocycles. The molecule has 0 aliphatic heterocycles. The van der Waals surface area contributed by atoms with Crippen molar-refractivity contribution in [2.45, 2.75) is 38.6 Å². The number of amides is 2. The summed E-state index contributed by atoms with van der Waals surface area (Å²) in [5.74, 6) is -0.999. The zero-order valence-electron chi connectivity index (χ0n) is 10.5. The van der Waals surface area contributed by atoms with Gasteiger partial charge in [-0.1, -0.05) is 13.3 Å². The topological polar surface area (TPSA) is 87.7 Å². The molecule has 0 radical (unpaired) electrons. The van der Waals surface area contributed by atoms with Crippen molar-refractivity contribution in [3.05, 3.63) is 0 Å². The zero-order chi connectivity index (χ0) is 13.1. The molecule has 0 aromatic rings. The number of hydrogen-bond acceptors (Lipinski definition) is 3. The SMILES string of the molecule is CCCC(NC(=O)NCCCCOC)C(=O)O. The summed E-state index contributed by atoms with van der Waals surface area (Å²) in [4.78, 5) is 22.1. The molecule has 17 heavy (non-hydrogen) atoms. The molecular formula is C11H22N2O4. The Kier molecular flexibility index (Phi) is 9.14. The number of carbonyl (C=O) groups is 2. The van der Waals surface area contributed by atoms with Crippen LogP contribution < -0.4 is 10.6 Å². The molecule has 2 amide bonds. The van der Waals surface area contributed by atoms with E-state index < -0.39 is 18.0 Å². The van der Waals surface area contributed by atoms with Gasteiger partial charge in [-0.3, -0.25) is 0 Å². The van der Waals surface area contributed by atoms with E-state index in [1.807, 2.05) is 6.92 Å². The van der Waals surface area contributed by atoms with Crippen molar-refractivity contribution in [1.82, 2.24) is 10.6 Å². The lowest BCUT2D eigenvalue weighted by Gasteiger charge is -2.14. The van der Waals surface area contributed by atoms with Gasteiger partial charge in [-0.2, -0.15) is 0 Å². The summed E-state index contributed by atoms with van der Waals surface area (Å²) in [6, 6.07) is -1.23. The van der Waals surface area contributed by atoms with Crippen LogP contribution in [0, 0.1) is 0 Å². The van der Waals surface area contributed by atoms with Gasteiger partial charge in [0.1, 0.15) is 6.04 Å². The molecule has 6 heteroatoms. The molecule has 6 nitrogen and oxygen atoms in total. The monoisotopic (exact) mass is 246 g/mol. The second-order valence-corrected chi connectivity index (χ2v) is 3.78. The van der Waals surface area contributed by atoms with Gasteiger partial charge in [-0.05, 0) is 19.3 Å². The fourth-order valence-electron chi connectivity index (χ4n) is 1.33. The summed E-state index contributed by atoms with van der Waals surface area (Å²) < 4.78 is 4.87. The summed E-state index contributed by atoms with van der Waals surface area (Å²) in [5.41, 5.74) is 0. The summed E-state index contributed by atoms with van der Waals surface area (Å²) in [5, 5.41) is 13.9. The molecule has 1 atom stereocenters. The van der Waals surface area contributed by atoms with Crippen molar-refractivity contribution in [3.63, 3.8) is 0 Å². The molecule has 0 bridgehead atoms. The number of rotatable bonds is 9. The van der Waals surface area contributed by atoms with Gasteiger partial charge in [0.25, 0.3) is 0 Å². The minimum Gasteiger partial charge on any atom is -0.480 e. The number of urea groups is 1. The van der Waals surface area contributed by atoms with Gasteiger partial charge >= 0.3 is 12.0 Å². The van der Waals surface area contributed by atoms with Crippen LogP contribution in [0.15, 0.2) is 0 Å². The first kappa shape index (κ1) is 15.7. The molecule has 0 spiro atoms. The predicted molar refractivity (Wildman–Crippen MR) is 64.0 cm³/mol. The standard InChI is InChI=1S/C11H22N2O4/c1-3-6-9(10(14)15)13-11(16)12-7-4-5-8-17-2/h9H,3-8H2,1-2H3,(H,14,15)(H2,12,13,16). The summed E-state index contributed by atoms with van der Waals surface area (Å²) >= 11 is 0. The Bertz CT molecular complexity index is 234. The molecule has 0 aliphatic carbocycles. The second-order valence-electron chi connectivity index (χ2n) is 3.78. The Balaban J connectivity index is 3.71. The number of methoxy groups -OCH3 is 1. The second kappa shape index (κ2) is 9.89. The number of ether oxygens (including phenoxy) is 1. The first-order valence-corrected chi connectivity index (χ1v) is 5.88. The Morgan fingerprint density at radius 3 is 2.59 bits per heavy atom. The van der Waals surface area contributed by atoms with Crippen molar-refractivity contribution in [2.75, 3.05) is 20.3 Å². The molecule has 0 aliphatic rings. The van der Waals surface area contributed by atoms with E-state index in [2.05, 4.69) is 10.6 Å². The quantitative estimate of drug-likeness (QED) is 0.529. The minimum absolute atomic E-state index is 0.428. The van der Waals surface area contributed by atoms with Gasteiger partial charge in [0.2, 0.25) is 0 Å². The average Bonchev–Trinajstić information content (AvgIpc) is 2.28. The number of nitrogens with one attached hydrogen (secondary N) is 2. The number of aliphatic carboxylic acids is 1. The smallest absolute Gasteiger partial charge is 0.326 e. The number of unbranched alkanes of at least 4 members (excludes halogenated alkanes) is 1. The lowest BCUT2D eigenvalue weighted by Crippen LogP contribution is -2.46. The van der Waals surface area contributed by atoms with Crippen LogP contribution in [0.5, 0.6) is 0 Å². The van der Waals surface area contributed by atoms with Crippen molar-refractivity contribution in [2.24, 2.45) is 0 Å². The van der Waals surface area contributed by atoms with Gasteiger partial charge in [0.15, 0.2) is 0 Å². The highest BCUT2D eigenvalue weighted by molar-refractivity contribution is 5.82. The van der Waals surface area contributed by atoms with Crippen LogP contribution in [-0.4, -0.2) is 43.4 Å². The van der Waals surface area contributed by atoms with Gasteiger partial charge < -0.3 is 20.5 Å². The van der Waals surface area contributed by atoms with E-state index in [0.29, 0.717) is 26.0 Å². The van der Waals surface area contributed by atoms with Crippen LogP contribution in [0.25, 0.3) is 0 Å². The number of carboxylic acid groups (broad SMARTS) is 1. The highest BCUT2D eigenvalue weighted by atomic mass is 16.5. The van der Waals surface area contributed by atoms with Crippen LogP contribution in [0.1, 0.15) is 32.6 Å². The summed E-state index contributed by atoms with van der Waals surface area (Å²) in [6.07, 6.45) is 2.83. The van der Waals surface area contributed by atoms with Crippen molar-refractivity contribution >= 4 is 12.0 Å². The van der Waals surface area contributed by atoms with Crippen LogP contribution in [0.3, 0.4) is 0 Å². The molecule has 100 valence electrons. The molecule has 1 unspecified atom stereocenters. The maximum absolute atomic E-state index is 11.3. The molecule has 0 aromatic carbocycles. The summed E-state index contributed by atoms with van der Waals surface area (Å²) in [7, 11) is 1.63. The lowest BCUT2D eigenvalue weighted by atomic mass is 10.2. The van der Waals surface area contributed by atoms with Gasteiger partial charge in [-0.25, -0.2) is 9.59 Å². The minimum atomic E-state index is -0.999. The van der Waals surface area contributed by atoms with Crippen LogP contribution >= 0.6 is 0 Å². The Hall–Kier alpha value is -1.30. The molecule has 3 N–H and O–H groups in total. The lowest BCUT2D eigenvalue weighted by molar-refractivity contribution is -0.139. The van der Waals surface area contributed by atoms with E-state index in [4.69, 9.17) is 9.84 Å². The van der Waals surface area contributed by atoms with Crippen molar-refractivity contribution in [3.8, 4) is 0 Å². The van der Waals surface area contributed by atoms with Gasteiger partial charge in [0, 0.05) is 20.3 Å². The average molecular weight is 246 g/mol. The fourth-order valence-corrected chi connectivity index (χ4v) is 1.33. The number of carboxylic acids is 1. The van der Waals surface area contributed by atoms with Crippen molar-refractivity contribution < 1.29 is 19.4 Å².